The van der Waals surface area contributed by atoms with Gasteiger partial charge in [0.1, 0.15) is 5.75 Å². The highest BCUT2D eigenvalue weighted by Crippen LogP contribution is 2.32. The van der Waals surface area contributed by atoms with E-state index in [-0.39, 0.29) is 0 Å². The first-order valence-corrected chi connectivity index (χ1v) is 4.94. The van der Waals surface area contributed by atoms with E-state index in [0.717, 1.165) is 11.3 Å². The van der Waals surface area contributed by atoms with Gasteiger partial charge < -0.3 is 14.7 Å². The Kier molecular flexibility index (Phi) is 3.25. The summed E-state index contributed by atoms with van der Waals surface area (Å²) in [6.45, 7) is 3.51. The molecule has 0 aromatic heterocycles. The average Bonchev–Trinajstić information content (AvgIpc) is 2.15. The molecule has 84 valence electrons. The molecule has 0 aliphatic heterocycles. The molecular formula is C12H19NO2. The number of anilines is 1. The van der Waals surface area contributed by atoms with Gasteiger partial charge in [-0.1, -0.05) is 0 Å². The minimum Gasteiger partial charge on any atom is -0.496 e. The fraction of sp³-hybridized carbons (Fsp3) is 0.500. The third-order valence-electron chi connectivity index (χ3n) is 2.36. The molecule has 0 aliphatic carbocycles. The van der Waals surface area contributed by atoms with Crippen LogP contribution in [0.3, 0.4) is 0 Å². The predicted molar refractivity (Wildman–Crippen MR) is 62.6 cm³/mol. The van der Waals surface area contributed by atoms with E-state index in [9.17, 15) is 5.11 Å². The van der Waals surface area contributed by atoms with Crippen molar-refractivity contribution in [1.29, 1.82) is 0 Å². The van der Waals surface area contributed by atoms with Gasteiger partial charge in [0.15, 0.2) is 0 Å². The van der Waals surface area contributed by atoms with Crippen LogP contribution in [0.15, 0.2) is 18.2 Å². The van der Waals surface area contributed by atoms with E-state index in [1.54, 1.807) is 21.0 Å². The number of hydrogen-bond acceptors (Lipinski definition) is 3. The molecule has 0 aliphatic rings. The number of benzene rings is 1. The van der Waals surface area contributed by atoms with Crippen molar-refractivity contribution in [3.8, 4) is 5.75 Å². The van der Waals surface area contributed by atoms with Crippen molar-refractivity contribution in [2.75, 3.05) is 26.1 Å². The van der Waals surface area contributed by atoms with Gasteiger partial charge in [0.2, 0.25) is 0 Å². The maximum Gasteiger partial charge on any atom is 0.125 e. The summed E-state index contributed by atoms with van der Waals surface area (Å²) >= 11 is 0. The molecule has 3 heteroatoms. The van der Waals surface area contributed by atoms with E-state index >= 15 is 0 Å². The molecule has 0 atom stereocenters. The van der Waals surface area contributed by atoms with Gasteiger partial charge in [-0.15, -0.1) is 0 Å². The van der Waals surface area contributed by atoms with Crippen LogP contribution in [0.2, 0.25) is 0 Å². The molecule has 0 spiro atoms. The van der Waals surface area contributed by atoms with Crippen LogP contribution < -0.4 is 9.64 Å². The number of ether oxygens (including phenoxy) is 1. The number of rotatable bonds is 3. The van der Waals surface area contributed by atoms with Crippen LogP contribution in [-0.4, -0.2) is 26.3 Å². The van der Waals surface area contributed by atoms with E-state index in [4.69, 9.17) is 4.74 Å². The molecule has 1 N–H and O–H groups in total. The first kappa shape index (κ1) is 11.9. The Morgan fingerprint density at radius 3 is 2.27 bits per heavy atom. The summed E-state index contributed by atoms with van der Waals surface area (Å²) in [7, 11) is 5.55. The molecule has 0 heterocycles. The molecular weight excluding hydrogens is 190 g/mol. The van der Waals surface area contributed by atoms with Crippen molar-refractivity contribution >= 4 is 5.69 Å². The number of aliphatic hydroxyl groups is 1. The smallest absolute Gasteiger partial charge is 0.125 e. The highest BCUT2D eigenvalue weighted by Gasteiger charge is 2.21. The second-order valence-corrected chi connectivity index (χ2v) is 4.34. The molecule has 15 heavy (non-hydrogen) atoms. The lowest BCUT2D eigenvalue weighted by Gasteiger charge is -2.23. The Morgan fingerprint density at radius 2 is 1.87 bits per heavy atom. The number of methoxy groups -OCH3 is 1. The SMILES string of the molecule is COc1ccc(N(C)C)cc1C(C)(C)O. The number of hydrogen-bond donors (Lipinski definition) is 1. The van der Waals surface area contributed by atoms with Crippen molar-refractivity contribution in [2.24, 2.45) is 0 Å². The monoisotopic (exact) mass is 209 g/mol. The fourth-order valence-electron chi connectivity index (χ4n) is 1.45. The fourth-order valence-corrected chi connectivity index (χ4v) is 1.45. The van der Waals surface area contributed by atoms with Gasteiger partial charge in [0.25, 0.3) is 0 Å². The second-order valence-electron chi connectivity index (χ2n) is 4.34. The molecule has 1 aromatic rings. The zero-order chi connectivity index (χ0) is 11.6. The van der Waals surface area contributed by atoms with E-state index in [2.05, 4.69) is 0 Å². The van der Waals surface area contributed by atoms with Gasteiger partial charge in [0.05, 0.1) is 12.7 Å². The maximum atomic E-state index is 10.0. The van der Waals surface area contributed by atoms with E-state index in [1.807, 2.05) is 37.2 Å². The first-order valence-electron chi connectivity index (χ1n) is 4.94. The molecule has 3 nitrogen and oxygen atoms in total. The minimum atomic E-state index is -0.892. The molecule has 1 rings (SSSR count). The first-order chi connectivity index (χ1) is 6.86. The summed E-state index contributed by atoms with van der Waals surface area (Å²) in [6.07, 6.45) is 0. The lowest BCUT2D eigenvalue weighted by molar-refractivity contribution is 0.0757. The summed E-state index contributed by atoms with van der Waals surface area (Å²) in [6, 6.07) is 5.79. The van der Waals surface area contributed by atoms with E-state index in [1.165, 1.54) is 0 Å². The lowest BCUT2D eigenvalue weighted by atomic mass is 9.96. The summed E-state index contributed by atoms with van der Waals surface area (Å²) < 4.78 is 5.23. The maximum absolute atomic E-state index is 10.0. The van der Waals surface area contributed by atoms with Gasteiger partial charge in [-0.05, 0) is 32.0 Å². The van der Waals surface area contributed by atoms with Crippen LogP contribution in [-0.2, 0) is 5.60 Å². The van der Waals surface area contributed by atoms with Crippen molar-refractivity contribution in [3.63, 3.8) is 0 Å². The van der Waals surface area contributed by atoms with Crippen LogP contribution in [0.4, 0.5) is 5.69 Å². The molecule has 1 aromatic carbocycles. The van der Waals surface area contributed by atoms with Gasteiger partial charge in [-0.25, -0.2) is 0 Å². The Bertz CT molecular complexity index is 340. The molecule has 0 saturated carbocycles. The molecule has 0 bridgehead atoms. The highest BCUT2D eigenvalue weighted by molar-refractivity contribution is 5.53. The quantitative estimate of drug-likeness (QED) is 0.826. The summed E-state index contributed by atoms with van der Waals surface area (Å²) in [5.74, 6) is 0.716. The molecule has 0 saturated heterocycles. The largest absolute Gasteiger partial charge is 0.496 e. The van der Waals surface area contributed by atoms with Gasteiger partial charge in [0, 0.05) is 25.3 Å². The van der Waals surface area contributed by atoms with Crippen LogP contribution in [0.5, 0.6) is 5.75 Å². The standard InChI is InChI=1S/C12H19NO2/c1-12(2,14)10-8-9(13(3)4)6-7-11(10)15-5/h6-8,14H,1-5H3. The van der Waals surface area contributed by atoms with Crippen LogP contribution >= 0.6 is 0 Å². The van der Waals surface area contributed by atoms with Gasteiger partial charge in [-0.2, -0.15) is 0 Å². The van der Waals surface area contributed by atoms with E-state index < -0.39 is 5.60 Å². The normalized spacial score (nSPS) is 11.3. The van der Waals surface area contributed by atoms with Crippen molar-refractivity contribution in [3.05, 3.63) is 23.8 Å². The Balaban J connectivity index is 3.26. The molecule has 0 radical (unpaired) electrons. The van der Waals surface area contributed by atoms with Crippen LogP contribution in [0.25, 0.3) is 0 Å². The Hall–Kier alpha value is -1.22. The van der Waals surface area contributed by atoms with Crippen molar-refractivity contribution < 1.29 is 9.84 Å². The summed E-state index contributed by atoms with van der Waals surface area (Å²) in [5.41, 5.74) is 0.960. The predicted octanol–water partition coefficient (Wildman–Crippen LogP) is 1.99. The van der Waals surface area contributed by atoms with Crippen LogP contribution in [0, 0.1) is 0 Å². The Labute approximate surface area is 91.3 Å². The van der Waals surface area contributed by atoms with Crippen molar-refractivity contribution in [1.82, 2.24) is 0 Å². The average molecular weight is 209 g/mol. The molecule has 0 amide bonds. The van der Waals surface area contributed by atoms with Crippen molar-refractivity contribution in [2.45, 2.75) is 19.4 Å². The summed E-state index contributed by atoms with van der Waals surface area (Å²) in [4.78, 5) is 1.99. The highest BCUT2D eigenvalue weighted by atomic mass is 16.5. The topological polar surface area (TPSA) is 32.7 Å². The zero-order valence-corrected chi connectivity index (χ0v) is 10.0. The van der Waals surface area contributed by atoms with Gasteiger partial charge in [-0.3, -0.25) is 0 Å². The third-order valence-corrected chi connectivity index (χ3v) is 2.36. The minimum absolute atomic E-state index is 0.716. The van der Waals surface area contributed by atoms with E-state index in [0.29, 0.717) is 5.75 Å². The third kappa shape index (κ3) is 2.63. The zero-order valence-electron chi connectivity index (χ0n) is 10.0. The second kappa shape index (κ2) is 4.11. The van der Waals surface area contributed by atoms with Gasteiger partial charge >= 0.3 is 0 Å². The summed E-state index contributed by atoms with van der Waals surface area (Å²) in [5, 5.41) is 10.0. The van der Waals surface area contributed by atoms with Crippen LogP contribution in [0.1, 0.15) is 19.4 Å². The number of nitrogens with zero attached hydrogens (tertiary/aromatic N) is 1. The molecule has 0 unspecified atom stereocenters. The lowest BCUT2D eigenvalue weighted by Crippen LogP contribution is -2.18. The Morgan fingerprint density at radius 1 is 1.27 bits per heavy atom. The molecule has 0 fully saturated rings.